The van der Waals surface area contributed by atoms with Gasteiger partial charge in [0.1, 0.15) is 0 Å². The van der Waals surface area contributed by atoms with Crippen LogP contribution in [0.5, 0.6) is 0 Å². The fourth-order valence-corrected chi connectivity index (χ4v) is 3.74. The van der Waals surface area contributed by atoms with E-state index in [-0.39, 0.29) is 12.0 Å². The lowest BCUT2D eigenvalue weighted by Gasteiger charge is -2.32. The van der Waals surface area contributed by atoms with Gasteiger partial charge in [-0.2, -0.15) is 0 Å². The van der Waals surface area contributed by atoms with Gasteiger partial charge in [-0.3, -0.25) is 9.69 Å². The summed E-state index contributed by atoms with van der Waals surface area (Å²) in [5.74, 6) is 1.41. The van der Waals surface area contributed by atoms with Crippen molar-refractivity contribution < 1.29 is 9.90 Å². The lowest BCUT2D eigenvalue weighted by atomic mass is 9.87. The molecule has 2 fully saturated rings. The monoisotopic (exact) mass is 296 g/mol. The number of rotatable bonds is 6. The zero-order valence-corrected chi connectivity index (χ0v) is 13.5. The van der Waals surface area contributed by atoms with E-state index >= 15 is 0 Å². The van der Waals surface area contributed by atoms with E-state index in [1.807, 2.05) is 6.92 Å². The van der Waals surface area contributed by atoms with Gasteiger partial charge in [-0.15, -0.1) is 0 Å². The van der Waals surface area contributed by atoms with Gasteiger partial charge < -0.3 is 10.4 Å². The van der Waals surface area contributed by atoms with E-state index < -0.39 is 0 Å². The SMILES string of the molecule is CC(O)C1CCN(CC(=O)NCCC2CCCCC2)CC1. The zero-order valence-electron chi connectivity index (χ0n) is 13.5. The molecule has 1 aliphatic carbocycles. The summed E-state index contributed by atoms with van der Waals surface area (Å²) in [6.45, 7) is 5.11. The number of nitrogens with zero attached hydrogens (tertiary/aromatic N) is 1. The van der Waals surface area contributed by atoms with Crippen LogP contribution in [0, 0.1) is 11.8 Å². The summed E-state index contributed by atoms with van der Waals surface area (Å²) in [7, 11) is 0. The van der Waals surface area contributed by atoms with Gasteiger partial charge in [-0.25, -0.2) is 0 Å². The number of aliphatic hydroxyl groups is 1. The topological polar surface area (TPSA) is 52.6 Å². The molecule has 0 aromatic carbocycles. The molecule has 0 aromatic heterocycles. The Kier molecular flexibility index (Phi) is 6.97. The van der Waals surface area contributed by atoms with E-state index in [4.69, 9.17) is 0 Å². The van der Waals surface area contributed by atoms with Crippen LogP contribution in [0.3, 0.4) is 0 Å². The van der Waals surface area contributed by atoms with Crippen molar-refractivity contribution in [3.8, 4) is 0 Å². The number of carbonyl (C=O) groups is 1. The van der Waals surface area contributed by atoms with E-state index in [9.17, 15) is 9.90 Å². The Hall–Kier alpha value is -0.610. The van der Waals surface area contributed by atoms with Crippen molar-refractivity contribution in [2.75, 3.05) is 26.2 Å². The number of carbonyl (C=O) groups excluding carboxylic acids is 1. The van der Waals surface area contributed by atoms with Crippen molar-refractivity contribution in [3.63, 3.8) is 0 Å². The highest BCUT2D eigenvalue weighted by molar-refractivity contribution is 5.77. The molecule has 1 atom stereocenters. The highest BCUT2D eigenvalue weighted by atomic mass is 16.3. The Morgan fingerprint density at radius 3 is 2.48 bits per heavy atom. The van der Waals surface area contributed by atoms with Crippen LogP contribution < -0.4 is 5.32 Å². The van der Waals surface area contributed by atoms with Crippen molar-refractivity contribution in [1.29, 1.82) is 0 Å². The zero-order chi connectivity index (χ0) is 15.1. The van der Waals surface area contributed by atoms with Crippen LogP contribution in [0.4, 0.5) is 0 Å². The smallest absolute Gasteiger partial charge is 0.234 e. The summed E-state index contributed by atoms with van der Waals surface area (Å²) in [5.41, 5.74) is 0. The van der Waals surface area contributed by atoms with Crippen LogP contribution in [0.1, 0.15) is 58.3 Å². The van der Waals surface area contributed by atoms with Gasteiger partial charge in [-0.1, -0.05) is 32.1 Å². The lowest BCUT2D eigenvalue weighted by Crippen LogP contribution is -2.43. The molecule has 2 aliphatic rings. The maximum absolute atomic E-state index is 12.0. The first-order chi connectivity index (χ1) is 10.1. The standard InChI is InChI=1S/C17H32N2O2/c1-14(20)16-8-11-19(12-9-16)13-17(21)18-10-7-15-5-3-2-4-6-15/h14-16,20H,2-13H2,1H3,(H,18,21). The molecule has 4 heteroatoms. The molecule has 1 aliphatic heterocycles. The minimum atomic E-state index is -0.212. The van der Waals surface area contributed by atoms with E-state index in [2.05, 4.69) is 10.2 Å². The molecule has 21 heavy (non-hydrogen) atoms. The summed E-state index contributed by atoms with van der Waals surface area (Å²) in [4.78, 5) is 14.2. The average molecular weight is 296 g/mol. The number of nitrogens with one attached hydrogen (secondary N) is 1. The third-order valence-corrected chi connectivity index (χ3v) is 5.28. The van der Waals surface area contributed by atoms with Crippen LogP contribution >= 0.6 is 0 Å². The summed E-state index contributed by atoms with van der Waals surface area (Å²) >= 11 is 0. The number of hydrogen-bond acceptors (Lipinski definition) is 3. The summed E-state index contributed by atoms with van der Waals surface area (Å²) in [6, 6.07) is 0. The van der Waals surface area contributed by atoms with E-state index in [1.165, 1.54) is 32.1 Å². The number of likely N-dealkylation sites (tertiary alicyclic amines) is 1. The van der Waals surface area contributed by atoms with Gasteiger partial charge in [0.15, 0.2) is 0 Å². The van der Waals surface area contributed by atoms with Crippen LogP contribution in [0.15, 0.2) is 0 Å². The number of hydrogen-bond donors (Lipinski definition) is 2. The maximum Gasteiger partial charge on any atom is 0.234 e. The molecule has 1 unspecified atom stereocenters. The van der Waals surface area contributed by atoms with Crippen molar-refractivity contribution in [2.24, 2.45) is 11.8 Å². The van der Waals surface area contributed by atoms with Gasteiger partial charge in [-0.05, 0) is 51.1 Å². The summed E-state index contributed by atoms with van der Waals surface area (Å²) in [6.07, 6.45) is 9.79. The molecule has 0 radical (unpaired) electrons. The third kappa shape index (κ3) is 5.95. The molecule has 122 valence electrons. The Morgan fingerprint density at radius 2 is 1.86 bits per heavy atom. The predicted octanol–water partition coefficient (Wildman–Crippen LogP) is 2.17. The highest BCUT2D eigenvalue weighted by Crippen LogP contribution is 2.25. The molecular weight excluding hydrogens is 264 g/mol. The first kappa shape index (κ1) is 16.8. The molecule has 1 heterocycles. The van der Waals surface area contributed by atoms with Gasteiger partial charge in [0.25, 0.3) is 0 Å². The molecule has 1 saturated carbocycles. The number of aliphatic hydroxyl groups excluding tert-OH is 1. The highest BCUT2D eigenvalue weighted by Gasteiger charge is 2.23. The minimum Gasteiger partial charge on any atom is -0.393 e. The molecule has 2 rings (SSSR count). The predicted molar refractivity (Wildman–Crippen MR) is 85.0 cm³/mol. The lowest BCUT2D eigenvalue weighted by molar-refractivity contribution is -0.122. The van der Waals surface area contributed by atoms with Crippen LogP contribution in [0.2, 0.25) is 0 Å². The quantitative estimate of drug-likeness (QED) is 0.790. The summed E-state index contributed by atoms with van der Waals surface area (Å²) < 4.78 is 0. The normalized spacial score (nSPS) is 23.9. The minimum absolute atomic E-state index is 0.168. The molecule has 0 bridgehead atoms. The summed E-state index contributed by atoms with van der Waals surface area (Å²) in [5, 5.41) is 12.7. The maximum atomic E-state index is 12.0. The third-order valence-electron chi connectivity index (χ3n) is 5.28. The van der Waals surface area contributed by atoms with Crippen molar-refractivity contribution in [1.82, 2.24) is 10.2 Å². The van der Waals surface area contributed by atoms with Crippen LogP contribution in [0.25, 0.3) is 0 Å². The Balaban J connectivity index is 1.55. The molecule has 1 amide bonds. The molecule has 2 N–H and O–H groups in total. The van der Waals surface area contributed by atoms with Gasteiger partial charge >= 0.3 is 0 Å². The van der Waals surface area contributed by atoms with Gasteiger partial charge in [0.2, 0.25) is 5.91 Å². The van der Waals surface area contributed by atoms with Crippen molar-refractivity contribution in [3.05, 3.63) is 0 Å². The molecule has 4 nitrogen and oxygen atoms in total. The second kappa shape index (κ2) is 8.74. The molecule has 0 aromatic rings. The van der Waals surface area contributed by atoms with Gasteiger partial charge in [0.05, 0.1) is 12.6 Å². The van der Waals surface area contributed by atoms with E-state index in [0.717, 1.165) is 44.8 Å². The first-order valence-electron chi connectivity index (χ1n) is 8.82. The number of piperidine rings is 1. The van der Waals surface area contributed by atoms with E-state index in [0.29, 0.717) is 12.5 Å². The first-order valence-corrected chi connectivity index (χ1v) is 8.82. The van der Waals surface area contributed by atoms with Crippen LogP contribution in [-0.4, -0.2) is 48.2 Å². The second-order valence-corrected chi connectivity index (χ2v) is 7.00. The fourth-order valence-electron chi connectivity index (χ4n) is 3.74. The van der Waals surface area contributed by atoms with Crippen molar-refractivity contribution >= 4 is 5.91 Å². The van der Waals surface area contributed by atoms with Crippen LogP contribution in [-0.2, 0) is 4.79 Å². The Labute approximate surface area is 129 Å². The Bertz CT molecular complexity index is 306. The average Bonchev–Trinajstić information content (AvgIpc) is 2.49. The Morgan fingerprint density at radius 1 is 1.19 bits per heavy atom. The second-order valence-electron chi connectivity index (χ2n) is 7.00. The largest absolute Gasteiger partial charge is 0.393 e. The molecular formula is C17H32N2O2. The van der Waals surface area contributed by atoms with Crippen molar-refractivity contribution in [2.45, 2.75) is 64.4 Å². The number of amides is 1. The molecule has 1 saturated heterocycles. The fraction of sp³-hybridized carbons (Fsp3) is 0.941. The van der Waals surface area contributed by atoms with E-state index in [1.54, 1.807) is 0 Å². The van der Waals surface area contributed by atoms with Gasteiger partial charge in [0, 0.05) is 6.54 Å². The molecule has 0 spiro atoms.